The minimum Gasteiger partial charge on any atom is -0.454 e. The molecule has 1 aromatic heterocycles. The molecule has 1 aliphatic carbocycles. The highest BCUT2D eigenvalue weighted by atomic mass is 16.5. The van der Waals surface area contributed by atoms with Crippen LogP contribution in [0.4, 0.5) is 11.6 Å². The van der Waals surface area contributed by atoms with Gasteiger partial charge >= 0.3 is 5.97 Å². The van der Waals surface area contributed by atoms with Crippen molar-refractivity contribution < 1.29 is 14.3 Å². The van der Waals surface area contributed by atoms with Crippen molar-refractivity contribution in [2.45, 2.75) is 58.0 Å². The van der Waals surface area contributed by atoms with Gasteiger partial charge in [-0.15, -0.1) is 0 Å². The van der Waals surface area contributed by atoms with Gasteiger partial charge in [0.2, 0.25) is 5.95 Å². The molecule has 2 aliphatic rings. The smallest absolute Gasteiger partial charge is 0.329 e. The summed E-state index contributed by atoms with van der Waals surface area (Å²) in [6.45, 7) is 3.70. The molecule has 0 spiro atoms. The van der Waals surface area contributed by atoms with Gasteiger partial charge in [0, 0.05) is 24.1 Å². The van der Waals surface area contributed by atoms with E-state index >= 15 is 0 Å². The van der Waals surface area contributed by atoms with Crippen molar-refractivity contribution in [2.75, 3.05) is 16.8 Å². The molecule has 1 N–H and O–H groups in total. The zero-order valence-electron chi connectivity index (χ0n) is 17.5. The highest BCUT2D eigenvalue weighted by molar-refractivity contribution is 5.93. The van der Waals surface area contributed by atoms with Crippen LogP contribution in [0.5, 0.6) is 0 Å². The monoisotopic (exact) mass is 408 g/mol. The van der Waals surface area contributed by atoms with Crippen molar-refractivity contribution in [2.24, 2.45) is 5.92 Å². The van der Waals surface area contributed by atoms with E-state index in [1.54, 1.807) is 18.5 Å². The molecule has 1 saturated heterocycles. The van der Waals surface area contributed by atoms with Crippen LogP contribution in [0.15, 0.2) is 36.7 Å². The summed E-state index contributed by atoms with van der Waals surface area (Å²) in [5.41, 5.74) is 2.95. The first kappa shape index (κ1) is 20.3. The number of benzene rings is 1. The average molecular weight is 409 g/mol. The zero-order valence-corrected chi connectivity index (χ0v) is 17.5. The molecule has 1 saturated carbocycles. The van der Waals surface area contributed by atoms with Crippen molar-refractivity contribution in [3.8, 4) is 0 Å². The summed E-state index contributed by atoms with van der Waals surface area (Å²) in [4.78, 5) is 36.0. The Kier molecular flexibility index (Phi) is 5.97. The molecular formula is C23H28N4O3. The van der Waals surface area contributed by atoms with Crippen LogP contribution in [0.2, 0.25) is 0 Å². The van der Waals surface area contributed by atoms with E-state index in [1.807, 2.05) is 36.9 Å². The molecule has 0 radical (unpaired) electrons. The third-order valence-electron chi connectivity index (χ3n) is 6.28. The lowest BCUT2D eigenvalue weighted by Crippen LogP contribution is -2.44. The fourth-order valence-electron chi connectivity index (χ4n) is 4.63. The third-order valence-corrected chi connectivity index (χ3v) is 6.28. The Morgan fingerprint density at radius 3 is 2.67 bits per heavy atom. The molecule has 3 atom stereocenters. The standard InChI is InChI=1S/C23H28N4O3/c1-15-8-9-18(12-16(15)2)26-21(28)14-30-22(29)20-13-17-6-3-4-7-19(17)27(20)23-24-10-5-11-25-23/h5,8-12,17,19-20H,3-4,6-7,13-14H2,1-2H3,(H,26,28). The second-order valence-corrected chi connectivity index (χ2v) is 8.27. The third kappa shape index (κ3) is 4.30. The van der Waals surface area contributed by atoms with Crippen molar-refractivity contribution in [1.82, 2.24) is 9.97 Å². The first-order valence-electron chi connectivity index (χ1n) is 10.6. The summed E-state index contributed by atoms with van der Waals surface area (Å²) >= 11 is 0. The average Bonchev–Trinajstić information content (AvgIpc) is 3.15. The maximum absolute atomic E-state index is 12.9. The number of hydrogen-bond donors (Lipinski definition) is 1. The van der Waals surface area contributed by atoms with Gasteiger partial charge in [-0.05, 0) is 68.4 Å². The molecule has 2 heterocycles. The van der Waals surface area contributed by atoms with Gasteiger partial charge in [-0.3, -0.25) is 4.79 Å². The number of aryl methyl sites for hydroxylation is 2. The van der Waals surface area contributed by atoms with Gasteiger partial charge < -0.3 is 15.0 Å². The lowest BCUT2D eigenvalue weighted by Gasteiger charge is -2.33. The minimum absolute atomic E-state index is 0.253. The van der Waals surface area contributed by atoms with Crippen LogP contribution in [0.25, 0.3) is 0 Å². The number of carbonyl (C=O) groups excluding carboxylic acids is 2. The Balaban J connectivity index is 1.41. The second kappa shape index (κ2) is 8.81. The Morgan fingerprint density at radius 2 is 1.90 bits per heavy atom. The van der Waals surface area contributed by atoms with Gasteiger partial charge in [0.1, 0.15) is 6.04 Å². The number of ether oxygens (including phenoxy) is 1. The number of nitrogens with one attached hydrogen (secondary N) is 1. The number of esters is 1. The molecule has 1 aromatic carbocycles. The fourth-order valence-corrected chi connectivity index (χ4v) is 4.63. The molecule has 30 heavy (non-hydrogen) atoms. The summed E-state index contributed by atoms with van der Waals surface area (Å²) in [6.07, 6.45) is 8.57. The predicted octanol–water partition coefficient (Wildman–Crippen LogP) is 3.41. The highest BCUT2D eigenvalue weighted by Crippen LogP contribution is 2.41. The van der Waals surface area contributed by atoms with Crippen molar-refractivity contribution in [1.29, 1.82) is 0 Å². The Hall–Kier alpha value is -2.96. The second-order valence-electron chi connectivity index (χ2n) is 8.27. The first-order valence-corrected chi connectivity index (χ1v) is 10.6. The number of anilines is 2. The van der Waals surface area contributed by atoms with E-state index in [-0.39, 0.29) is 24.5 Å². The molecular weight excluding hydrogens is 380 g/mol. The van der Waals surface area contributed by atoms with Gasteiger partial charge in [-0.25, -0.2) is 14.8 Å². The molecule has 1 amide bonds. The van der Waals surface area contributed by atoms with Crippen LogP contribution in [0.3, 0.4) is 0 Å². The number of aromatic nitrogens is 2. The molecule has 7 heteroatoms. The number of rotatable bonds is 5. The largest absolute Gasteiger partial charge is 0.454 e. The molecule has 7 nitrogen and oxygen atoms in total. The molecule has 0 bridgehead atoms. The van der Waals surface area contributed by atoms with Gasteiger partial charge in [0.05, 0.1) is 0 Å². The lowest BCUT2D eigenvalue weighted by atomic mass is 9.85. The maximum Gasteiger partial charge on any atom is 0.329 e. The van der Waals surface area contributed by atoms with Crippen LogP contribution in [0, 0.1) is 19.8 Å². The SMILES string of the molecule is Cc1ccc(NC(=O)COC(=O)C2CC3CCCCC3N2c2ncccn2)cc1C. The van der Waals surface area contributed by atoms with E-state index < -0.39 is 6.04 Å². The lowest BCUT2D eigenvalue weighted by molar-refractivity contribution is -0.148. The van der Waals surface area contributed by atoms with Crippen LogP contribution < -0.4 is 10.2 Å². The number of fused-ring (bicyclic) bond motifs is 1. The molecule has 3 unspecified atom stereocenters. The topological polar surface area (TPSA) is 84.4 Å². The van der Waals surface area contributed by atoms with E-state index in [1.165, 1.54) is 6.42 Å². The Morgan fingerprint density at radius 1 is 1.13 bits per heavy atom. The normalized spacial score (nSPS) is 23.0. The number of hydrogen-bond acceptors (Lipinski definition) is 6. The van der Waals surface area contributed by atoms with Crippen LogP contribution in [-0.4, -0.2) is 40.5 Å². The van der Waals surface area contributed by atoms with Gasteiger partial charge in [-0.2, -0.15) is 0 Å². The molecule has 2 aromatic rings. The summed E-state index contributed by atoms with van der Waals surface area (Å²) in [5.74, 6) is 0.273. The number of nitrogens with zero attached hydrogens (tertiary/aromatic N) is 3. The summed E-state index contributed by atoms with van der Waals surface area (Å²) in [6, 6.07) is 7.28. The van der Waals surface area contributed by atoms with Crippen molar-refractivity contribution in [3.05, 3.63) is 47.8 Å². The summed E-state index contributed by atoms with van der Waals surface area (Å²) < 4.78 is 5.42. The minimum atomic E-state index is -0.449. The number of carbonyl (C=O) groups is 2. The van der Waals surface area contributed by atoms with E-state index in [4.69, 9.17) is 4.74 Å². The molecule has 158 valence electrons. The Bertz CT molecular complexity index is 918. The van der Waals surface area contributed by atoms with Gasteiger partial charge in [0.15, 0.2) is 6.61 Å². The highest BCUT2D eigenvalue weighted by Gasteiger charge is 2.47. The van der Waals surface area contributed by atoms with Gasteiger partial charge in [-0.1, -0.05) is 18.9 Å². The fraction of sp³-hybridized carbons (Fsp3) is 0.478. The first-order chi connectivity index (χ1) is 14.5. The summed E-state index contributed by atoms with van der Waals surface area (Å²) in [7, 11) is 0. The molecule has 4 rings (SSSR count). The van der Waals surface area contributed by atoms with E-state index in [9.17, 15) is 9.59 Å². The summed E-state index contributed by atoms with van der Waals surface area (Å²) in [5, 5.41) is 2.79. The van der Waals surface area contributed by atoms with Crippen molar-refractivity contribution in [3.63, 3.8) is 0 Å². The molecule has 2 fully saturated rings. The van der Waals surface area contributed by atoms with E-state index in [0.29, 0.717) is 17.6 Å². The Labute approximate surface area is 176 Å². The predicted molar refractivity (Wildman–Crippen MR) is 114 cm³/mol. The van der Waals surface area contributed by atoms with E-state index in [2.05, 4.69) is 15.3 Å². The number of amides is 1. The van der Waals surface area contributed by atoms with Crippen LogP contribution in [-0.2, 0) is 14.3 Å². The molecule has 1 aliphatic heterocycles. The quantitative estimate of drug-likeness (QED) is 0.763. The van der Waals surface area contributed by atoms with Crippen LogP contribution >= 0.6 is 0 Å². The maximum atomic E-state index is 12.9. The van der Waals surface area contributed by atoms with Crippen LogP contribution in [0.1, 0.15) is 43.2 Å². The zero-order chi connectivity index (χ0) is 21.1. The van der Waals surface area contributed by atoms with E-state index in [0.717, 1.165) is 36.8 Å². The van der Waals surface area contributed by atoms with Crippen molar-refractivity contribution >= 4 is 23.5 Å². The van der Waals surface area contributed by atoms with Gasteiger partial charge in [0.25, 0.3) is 5.91 Å².